The van der Waals surface area contributed by atoms with Gasteiger partial charge in [0.15, 0.2) is 0 Å². The van der Waals surface area contributed by atoms with Crippen molar-refractivity contribution < 1.29 is 18.0 Å². The lowest BCUT2D eigenvalue weighted by atomic mass is 9.47. The van der Waals surface area contributed by atoms with E-state index in [1.165, 1.54) is 4.90 Å². The van der Waals surface area contributed by atoms with Crippen molar-refractivity contribution in [2.75, 3.05) is 20.1 Å². The number of alkyl halides is 3. The summed E-state index contributed by atoms with van der Waals surface area (Å²) < 4.78 is 40.3. The summed E-state index contributed by atoms with van der Waals surface area (Å²) in [6.45, 7) is -0.0514. The summed E-state index contributed by atoms with van der Waals surface area (Å²) in [6.07, 6.45) is 0.893. The second kappa shape index (κ2) is 3.40. The first kappa shape index (κ1) is 12.3. The van der Waals surface area contributed by atoms with Gasteiger partial charge < -0.3 is 10.2 Å². The monoisotopic (exact) mass is 262 g/mol. The maximum Gasteiger partial charge on any atom is 0.265 e. The third-order valence-electron chi connectivity index (χ3n) is 4.41. The van der Waals surface area contributed by atoms with Gasteiger partial charge in [0.25, 0.3) is 5.92 Å². The Labute approximate surface area is 104 Å². The average Bonchev–Trinajstić information content (AvgIpc) is 2.34. The summed E-state index contributed by atoms with van der Waals surface area (Å²) in [5.74, 6) is -4.08. The lowest BCUT2D eigenvalue weighted by Gasteiger charge is -2.65. The van der Waals surface area contributed by atoms with Gasteiger partial charge in [0, 0.05) is 43.7 Å². The summed E-state index contributed by atoms with van der Waals surface area (Å²) in [6, 6.07) is 0. The highest BCUT2D eigenvalue weighted by molar-refractivity contribution is 5.78. The van der Waals surface area contributed by atoms with E-state index in [4.69, 9.17) is 0 Å². The third kappa shape index (κ3) is 1.81. The number of amides is 1. The SMILES string of the molecule is CN1CC(CC(=O)NC23CC(F)(C2)C3)C(F)(F)C1. The maximum atomic E-state index is 13.5. The van der Waals surface area contributed by atoms with Crippen LogP contribution in [0.2, 0.25) is 0 Å². The normalized spacial score (nSPS) is 45.2. The average molecular weight is 262 g/mol. The molecule has 4 aliphatic rings. The first-order valence-electron chi connectivity index (χ1n) is 6.28. The van der Waals surface area contributed by atoms with Crippen LogP contribution in [0.1, 0.15) is 25.7 Å². The lowest BCUT2D eigenvalue weighted by molar-refractivity contribution is -0.176. The van der Waals surface area contributed by atoms with Crippen LogP contribution in [-0.4, -0.2) is 48.1 Å². The maximum absolute atomic E-state index is 13.5. The van der Waals surface area contributed by atoms with E-state index in [0.717, 1.165) is 0 Å². The Morgan fingerprint density at radius 3 is 2.39 bits per heavy atom. The van der Waals surface area contributed by atoms with E-state index < -0.39 is 23.0 Å². The van der Waals surface area contributed by atoms with Crippen molar-refractivity contribution in [1.29, 1.82) is 0 Å². The van der Waals surface area contributed by atoms with Crippen LogP contribution in [0.4, 0.5) is 13.2 Å². The fourth-order valence-corrected chi connectivity index (χ4v) is 3.64. The number of carbonyl (C=O) groups excluding carboxylic acids is 1. The van der Waals surface area contributed by atoms with Crippen LogP contribution in [0.25, 0.3) is 0 Å². The van der Waals surface area contributed by atoms with Gasteiger partial charge in [0.1, 0.15) is 5.67 Å². The van der Waals surface area contributed by atoms with Crippen molar-refractivity contribution in [3.8, 4) is 0 Å². The van der Waals surface area contributed by atoms with Gasteiger partial charge >= 0.3 is 0 Å². The molecule has 4 rings (SSSR count). The van der Waals surface area contributed by atoms with E-state index in [-0.39, 0.29) is 25.4 Å². The molecule has 1 unspecified atom stereocenters. The van der Waals surface area contributed by atoms with Crippen LogP contribution in [0.5, 0.6) is 0 Å². The highest BCUT2D eigenvalue weighted by Crippen LogP contribution is 2.62. The number of nitrogens with one attached hydrogen (secondary N) is 1. The van der Waals surface area contributed by atoms with Crippen molar-refractivity contribution in [2.45, 2.75) is 42.8 Å². The molecular formula is C12H17F3N2O. The minimum atomic E-state index is -2.80. The number of rotatable bonds is 3. The molecule has 102 valence electrons. The Morgan fingerprint density at radius 2 is 1.94 bits per heavy atom. The van der Waals surface area contributed by atoms with Crippen LogP contribution in [0, 0.1) is 5.92 Å². The molecule has 1 saturated heterocycles. The molecule has 6 heteroatoms. The summed E-state index contributed by atoms with van der Waals surface area (Å²) in [4.78, 5) is 13.3. The van der Waals surface area contributed by atoms with Gasteiger partial charge in [0.2, 0.25) is 5.91 Å². The first-order valence-corrected chi connectivity index (χ1v) is 6.28. The number of likely N-dealkylation sites (tertiary alicyclic amines) is 1. The van der Waals surface area contributed by atoms with Crippen LogP contribution >= 0.6 is 0 Å². The quantitative estimate of drug-likeness (QED) is 0.832. The second-order valence-electron chi connectivity index (χ2n) is 6.37. The topological polar surface area (TPSA) is 32.3 Å². The minimum absolute atomic E-state index is 0.168. The van der Waals surface area contributed by atoms with Crippen molar-refractivity contribution in [3.05, 3.63) is 0 Å². The lowest BCUT2D eigenvalue weighted by Crippen LogP contribution is -2.76. The Balaban J connectivity index is 1.53. The molecule has 1 amide bonds. The summed E-state index contributed by atoms with van der Waals surface area (Å²) in [5, 5.41) is 2.73. The number of carbonyl (C=O) groups is 1. The van der Waals surface area contributed by atoms with E-state index in [1.54, 1.807) is 7.05 Å². The van der Waals surface area contributed by atoms with Gasteiger partial charge in [-0.3, -0.25) is 4.79 Å². The molecule has 0 radical (unpaired) electrons. The fourth-order valence-electron chi connectivity index (χ4n) is 3.64. The molecule has 2 bridgehead atoms. The molecule has 0 aromatic heterocycles. The smallest absolute Gasteiger partial charge is 0.265 e. The number of nitrogens with zero attached hydrogens (tertiary/aromatic N) is 1. The Bertz CT molecular complexity index is 379. The molecule has 1 atom stereocenters. The third-order valence-corrected chi connectivity index (χ3v) is 4.41. The highest BCUT2D eigenvalue weighted by atomic mass is 19.3. The molecular weight excluding hydrogens is 245 g/mol. The Kier molecular flexibility index (Phi) is 2.32. The predicted molar refractivity (Wildman–Crippen MR) is 59.1 cm³/mol. The summed E-state index contributed by atoms with van der Waals surface area (Å²) >= 11 is 0. The highest BCUT2D eigenvalue weighted by Gasteiger charge is 2.69. The summed E-state index contributed by atoms with van der Waals surface area (Å²) in [7, 11) is 1.62. The van der Waals surface area contributed by atoms with Gasteiger partial charge in [-0.05, 0) is 7.05 Å². The molecule has 1 heterocycles. The first-order chi connectivity index (χ1) is 8.22. The van der Waals surface area contributed by atoms with E-state index in [1.807, 2.05) is 0 Å². The van der Waals surface area contributed by atoms with Crippen LogP contribution in [0.3, 0.4) is 0 Å². The van der Waals surface area contributed by atoms with Gasteiger partial charge in [-0.15, -0.1) is 0 Å². The molecule has 3 aliphatic carbocycles. The molecule has 18 heavy (non-hydrogen) atoms. The van der Waals surface area contributed by atoms with Gasteiger partial charge in [-0.2, -0.15) is 0 Å². The molecule has 1 aliphatic heterocycles. The molecule has 3 saturated carbocycles. The predicted octanol–water partition coefficient (Wildman–Crippen LogP) is 1.33. The van der Waals surface area contributed by atoms with Crippen LogP contribution in [0.15, 0.2) is 0 Å². The van der Waals surface area contributed by atoms with Crippen molar-refractivity contribution in [3.63, 3.8) is 0 Å². The van der Waals surface area contributed by atoms with Gasteiger partial charge in [0.05, 0.1) is 6.54 Å². The zero-order valence-electron chi connectivity index (χ0n) is 10.3. The summed E-state index contributed by atoms with van der Waals surface area (Å²) in [5.41, 5.74) is -1.49. The second-order valence-corrected chi connectivity index (χ2v) is 6.37. The number of halogens is 3. The van der Waals surface area contributed by atoms with E-state index in [9.17, 15) is 18.0 Å². The van der Waals surface area contributed by atoms with Crippen LogP contribution in [-0.2, 0) is 4.79 Å². The molecule has 3 nitrogen and oxygen atoms in total. The molecule has 0 aromatic rings. The van der Waals surface area contributed by atoms with Gasteiger partial charge in [-0.1, -0.05) is 0 Å². The van der Waals surface area contributed by atoms with Crippen molar-refractivity contribution >= 4 is 5.91 Å². The molecule has 4 fully saturated rings. The van der Waals surface area contributed by atoms with Gasteiger partial charge in [-0.25, -0.2) is 13.2 Å². The molecule has 1 N–H and O–H groups in total. The van der Waals surface area contributed by atoms with E-state index in [0.29, 0.717) is 19.3 Å². The zero-order valence-corrected chi connectivity index (χ0v) is 10.3. The minimum Gasteiger partial charge on any atom is -0.350 e. The largest absolute Gasteiger partial charge is 0.350 e. The molecule has 0 spiro atoms. The standard InChI is InChI=1S/C12H17F3N2O/c1-17-3-8(12(14,15)7-17)2-9(18)16-11-4-10(13,5-11)6-11/h8H,2-7H2,1H3,(H,16,18). The van der Waals surface area contributed by atoms with E-state index >= 15 is 0 Å². The Morgan fingerprint density at radius 1 is 1.33 bits per heavy atom. The molecule has 0 aromatic carbocycles. The zero-order chi connectivity index (χ0) is 13.2. The van der Waals surface area contributed by atoms with Crippen molar-refractivity contribution in [1.82, 2.24) is 10.2 Å². The van der Waals surface area contributed by atoms with Crippen molar-refractivity contribution in [2.24, 2.45) is 5.92 Å². The number of hydrogen-bond donors (Lipinski definition) is 1. The van der Waals surface area contributed by atoms with E-state index in [2.05, 4.69) is 5.32 Å². The Hall–Kier alpha value is -0.780. The number of hydrogen-bond acceptors (Lipinski definition) is 2. The fraction of sp³-hybridized carbons (Fsp3) is 0.917. The van der Waals surface area contributed by atoms with Crippen LogP contribution < -0.4 is 5.32 Å².